The molecule has 0 N–H and O–H groups in total. The van der Waals surface area contributed by atoms with E-state index >= 15 is 0 Å². The first-order chi connectivity index (χ1) is 20.8. The van der Waals surface area contributed by atoms with E-state index in [4.69, 9.17) is 0 Å². The van der Waals surface area contributed by atoms with Crippen molar-refractivity contribution < 1.29 is 0 Å². The summed E-state index contributed by atoms with van der Waals surface area (Å²) in [6.45, 7) is 14.6. The Bertz CT molecular complexity index is 1540. The molecule has 2 aliphatic rings. The van der Waals surface area contributed by atoms with Gasteiger partial charge in [-0.05, 0) is 95.2 Å². The van der Waals surface area contributed by atoms with Crippen molar-refractivity contribution in [1.82, 2.24) is 0 Å². The first-order valence-corrected chi connectivity index (χ1v) is 19.8. The minimum atomic E-state index is -1.90. The summed E-state index contributed by atoms with van der Waals surface area (Å²) in [4.78, 5) is 0. The second kappa shape index (κ2) is 12.3. The second-order valence-electron chi connectivity index (χ2n) is 13.7. The number of allylic oxidation sites excluding steroid dienone is 2. The van der Waals surface area contributed by atoms with Crippen molar-refractivity contribution in [3.63, 3.8) is 0 Å². The lowest BCUT2D eigenvalue weighted by Crippen LogP contribution is -2.42. The maximum Gasteiger partial charge on any atom is 0.0722 e. The molecule has 0 spiro atoms. The van der Waals surface area contributed by atoms with E-state index in [2.05, 4.69) is 138 Å². The minimum Gasteiger partial charge on any atom is -0.0679 e. The first-order valence-electron chi connectivity index (χ1n) is 16.6. The van der Waals surface area contributed by atoms with E-state index in [1.54, 1.807) is 22.3 Å². The topological polar surface area (TPSA) is 0 Å². The lowest BCUT2D eigenvalue weighted by Gasteiger charge is -2.39. The van der Waals surface area contributed by atoms with Crippen molar-refractivity contribution in [2.45, 2.75) is 90.4 Å². The van der Waals surface area contributed by atoms with Crippen LogP contribution in [0.15, 0.2) is 96.1 Å². The SMILES string of the molecule is CCCCc1ccc(-c2cccc3c2C=C(C)C3[Si](C)(C)C2C(C)=Cc3c(-c4ccc(CCCC)cc4)cccc32)cc1. The number of aryl methyl sites for hydroxylation is 2. The van der Waals surface area contributed by atoms with Gasteiger partial charge < -0.3 is 0 Å². The smallest absolute Gasteiger partial charge is 0.0679 e. The van der Waals surface area contributed by atoms with Crippen LogP contribution in [-0.2, 0) is 12.8 Å². The van der Waals surface area contributed by atoms with Gasteiger partial charge in [-0.1, -0.05) is 148 Å². The second-order valence-corrected chi connectivity index (χ2v) is 18.5. The molecule has 1 heteroatoms. The van der Waals surface area contributed by atoms with E-state index in [0.29, 0.717) is 11.1 Å². The van der Waals surface area contributed by atoms with E-state index in [0.717, 1.165) is 0 Å². The molecule has 0 aromatic heterocycles. The summed E-state index contributed by atoms with van der Waals surface area (Å²) in [6, 6.07) is 32.8. The maximum absolute atomic E-state index is 2.64. The average molecular weight is 581 g/mol. The Labute approximate surface area is 261 Å². The summed E-state index contributed by atoms with van der Waals surface area (Å²) in [5.74, 6) is 0. The Hall–Kier alpha value is -3.42. The highest BCUT2D eigenvalue weighted by Gasteiger charge is 2.47. The zero-order valence-corrected chi connectivity index (χ0v) is 28.1. The van der Waals surface area contributed by atoms with Gasteiger partial charge >= 0.3 is 0 Å². The third kappa shape index (κ3) is 5.53. The van der Waals surface area contributed by atoms with Gasteiger partial charge in [0.1, 0.15) is 0 Å². The zero-order chi connectivity index (χ0) is 30.1. The summed E-state index contributed by atoms with van der Waals surface area (Å²) < 4.78 is 0. The molecule has 2 aliphatic carbocycles. The van der Waals surface area contributed by atoms with Crippen LogP contribution < -0.4 is 0 Å². The molecule has 0 heterocycles. The standard InChI is InChI=1S/C42H48Si/c1-7-9-13-31-19-23-33(24-20-31)35-15-11-17-37-39(35)27-29(3)41(37)43(5,6)42-30(4)28-40-36(16-12-18-38(40)42)34-25-21-32(22-26-34)14-10-8-2/h11-12,15-28,41-42H,7-10,13-14H2,1-6H3. The number of benzene rings is 4. The van der Waals surface area contributed by atoms with Gasteiger partial charge in [0.15, 0.2) is 0 Å². The Balaban J connectivity index is 1.34. The van der Waals surface area contributed by atoms with E-state index in [1.807, 2.05) is 0 Å². The average Bonchev–Trinajstić information content (AvgIpc) is 3.55. The van der Waals surface area contributed by atoms with Crippen LogP contribution in [0.25, 0.3) is 34.4 Å². The minimum absolute atomic E-state index is 0.507. The van der Waals surface area contributed by atoms with Gasteiger partial charge in [-0.2, -0.15) is 0 Å². The summed E-state index contributed by atoms with van der Waals surface area (Å²) in [7, 11) is -1.90. The third-order valence-electron chi connectivity index (χ3n) is 10.2. The quantitative estimate of drug-likeness (QED) is 0.164. The number of hydrogen-bond donors (Lipinski definition) is 0. The van der Waals surface area contributed by atoms with Crippen molar-refractivity contribution in [1.29, 1.82) is 0 Å². The lowest BCUT2D eigenvalue weighted by atomic mass is 9.95. The van der Waals surface area contributed by atoms with Crippen LogP contribution in [0, 0.1) is 0 Å². The lowest BCUT2D eigenvalue weighted by molar-refractivity contribution is 0.795. The van der Waals surface area contributed by atoms with E-state index in [-0.39, 0.29) is 0 Å². The Morgan fingerprint density at radius 1 is 0.535 bits per heavy atom. The molecule has 2 unspecified atom stereocenters. The molecule has 2 atom stereocenters. The number of fused-ring (bicyclic) bond motifs is 2. The molecule has 0 nitrogen and oxygen atoms in total. The highest BCUT2D eigenvalue weighted by molar-refractivity contribution is 6.81. The molecule has 0 saturated carbocycles. The maximum atomic E-state index is 2.64. The normalized spacial score (nSPS) is 17.4. The predicted molar refractivity (Wildman–Crippen MR) is 191 cm³/mol. The van der Waals surface area contributed by atoms with Crippen LogP contribution >= 0.6 is 0 Å². The Morgan fingerprint density at radius 3 is 1.30 bits per heavy atom. The largest absolute Gasteiger partial charge is 0.0722 e. The molecule has 6 rings (SSSR count). The molecule has 0 fully saturated rings. The fourth-order valence-electron chi connectivity index (χ4n) is 8.21. The molecule has 4 aromatic rings. The predicted octanol–water partition coefficient (Wildman–Crippen LogP) is 12.2. The molecule has 43 heavy (non-hydrogen) atoms. The number of rotatable bonds is 10. The van der Waals surface area contributed by atoms with Crippen molar-refractivity contribution in [2.75, 3.05) is 0 Å². The Kier molecular flexibility index (Phi) is 8.47. The molecule has 0 amide bonds. The molecule has 0 bridgehead atoms. The molecule has 0 radical (unpaired) electrons. The molecule has 0 saturated heterocycles. The Morgan fingerprint density at radius 2 is 0.930 bits per heavy atom. The van der Waals surface area contributed by atoms with Crippen LogP contribution in [0.3, 0.4) is 0 Å². The summed E-state index contributed by atoms with van der Waals surface area (Å²) >= 11 is 0. The molecular weight excluding hydrogens is 533 g/mol. The summed E-state index contributed by atoms with van der Waals surface area (Å²) in [6.07, 6.45) is 12.4. The van der Waals surface area contributed by atoms with Gasteiger partial charge in [0, 0.05) is 11.1 Å². The monoisotopic (exact) mass is 580 g/mol. The van der Waals surface area contributed by atoms with Crippen molar-refractivity contribution in [3.8, 4) is 22.3 Å². The van der Waals surface area contributed by atoms with Crippen LogP contribution in [0.5, 0.6) is 0 Å². The van der Waals surface area contributed by atoms with Crippen molar-refractivity contribution >= 4 is 20.2 Å². The first kappa shape index (κ1) is 29.6. The fourth-order valence-corrected chi connectivity index (χ4v) is 13.2. The van der Waals surface area contributed by atoms with Gasteiger partial charge in [-0.25, -0.2) is 0 Å². The van der Waals surface area contributed by atoms with Crippen LogP contribution in [-0.4, -0.2) is 8.07 Å². The molecule has 0 aliphatic heterocycles. The molecular formula is C42H48Si. The van der Waals surface area contributed by atoms with E-state index in [1.165, 1.54) is 83.0 Å². The van der Waals surface area contributed by atoms with Crippen molar-refractivity contribution in [2.24, 2.45) is 0 Å². The van der Waals surface area contributed by atoms with E-state index < -0.39 is 8.07 Å². The van der Waals surface area contributed by atoms with Gasteiger partial charge in [0.2, 0.25) is 0 Å². The highest BCUT2D eigenvalue weighted by atomic mass is 28.3. The fraction of sp³-hybridized carbons (Fsp3) is 0.333. The number of unbranched alkanes of at least 4 members (excludes halogenated alkanes) is 2. The van der Waals surface area contributed by atoms with E-state index in [9.17, 15) is 0 Å². The zero-order valence-electron chi connectivity index (χ0n) is 27.1. The number of hydrogen-bond acceptors (Lipinski definition) is 0. The van der Waals surface area contributed by atoms with Gasteiger partial charge in [0.05, 0.1) is 8.07 Å². The van der Waals surface area contributed by atoms with Crippen LogP contribution in [0.2, 0.25) is 13.1 Å². The van der Waals surface area contributed by atoms with Gasteiger partial charge in [-0.15, -0.1) is 0 Å². The van der Waals surface area contributed by atoms with Crippen LogP contribution in [0.1, 0.15) is 97.8 Å². The molecule has 4 aromatic carbocycles. The van der Waals surface area contributed by atoms with Gasteiger partial charge in [0.25, 0.3) is 0 Å². The van der Waals surface area contributed by atoms with Crippen molar-refractivity contribution in [3.05, 3.63) is 129 Å². The third-order valence-corrected chi connectivity index (χ3v) is 14.7. The summed E-state index contributed by atoms with van der Waals surface area (Å²) in [5, 5.41) is 0. The molecule has 220 valence electrons. The highest BCUT2D eigenvalue weighted by Crippen LogP contribution is 2.54. The van der Waals surface area contributed by atoms with Gasteiger partial charge in [-0.3, -0.25) is 0 Å². The summed E-state index contributed by atoms with van der Waals surface area (Å²) in [5.41, 5.74) is 18.4. The van der Waals surface area contributed by atoms with Crippen LogP contribution in [0.4, 0.5) is 0 Å².